The third kappa shape index (κ3) is 45.0. The lowest BCUT2D eigenvalue weighted by atomic mass is 10.0. The lowest BCUT2D eigenvalue weighted by Crippen LogP contribution is -2.40. The number of aliphatic carboxylic acids is 1. The first kappa shape index (κ1) is 59.0. The Labute approximate surface area is 380 Å². The summed E-state index contributed by atoms with van der Waals surface area (Å²) in [6, 6.07) is 0. The predicted molar refractivity (Wildman–Crippen MR) is 258 cm³/mol. The Kier molecular flexibility index (Phi) is 42.4. The quantitative estimate of drug-likeness (QED) is 0.0212. The summed E-state index contributed by atoms with van der Waals surface area (Å²) >= 11 is 0. The number of quaternary nitrogens is 1. The van der Waals surface area contributed by atoms with Gasteiger partial charge in [-0.3, -0.25) is 9.59 Å². The van der Waals surface area contributed by atoms with Gasteiger partial charge >= 0.3 is 17.9 Å². The van der Waals surface area contributed by atoms with Crippen LogP contribution in [0, 0.1) is 0 Å². The van der Waals surface area contributed by atoms with E-state index in [2.05, 4.69) is 56.4 Å². The lowest BCUT2D eigenvalue weighted by Gasteiger charge is -2.25. The van der Waals surface area contributed by atoms with E-state index in [1.54, 1.807) is 6.08 Å². The Morgan fingerprint density at radius 2 is 0.903 bits per heavy atom. The van der Waals surface area contributed by atoms with E-state index in [1.165, 1.54) is 122 Å². The summed E-state index contributed by atoms with van der Waals surface area (Å²) in [5.74, 6) is -2.17. The monoisotopic (exact) mass is 873 g/mol. The molecular weight excluding hydrogens is 779 g/mol. The predicted octanol–water partition coefficient (Wildman–Crippen LogP) is 13.7. The van der Waals surface area contributed by atoms with Gasteiger partial charge in [0.05, 0.1) is 40.8 Å². The number of rotatable bonds is 45. The molecule has 0 aliphatic rings. The van der Waals surface area contributed by atoms with Gasteiger partial charge in [0.15, 0.2) is 6.10 Å². The highest BCUT2D eigenvalue weighted by Gasteiger charge is 2.25. The molecule has 0 aromatic rings. The van der Waals surface area contributed by atoms with Crippen molar-refractivity contribution in [3.8, 4) is 0 Å². The van der Waals surface area contributed by atoms with Gasteiger partial charge in [0, 0.05) is 6.42 Å². The highest BCUT2D eigenvalue weighted by atomic mass is 16.7. The van der Waals surface area contributed by atoms with E-state index in [0.29, 0.717) is 17.4 Å². The van der Waals surface area contributed by atoms with Crippen molar-refractivity contribution >= 4 is 17.9 Å². The number of esters is 2. The number of carbonyl (C=O) groups excluding carboxylic acids is 2. The highest BCUT2D eigenvalue weighted by molar-refractivity contribution is 5.72. The molecule has 0 rings (SSSR count). The molecule has 0 bridgehead atoms. The summed E-state index contributed by atoms with van der Waals surface area (Å²) < 4.78 is 22.6. The van der Waals surface area contributed by atoms with E-state index in [9.17, 15) is 19.5 Å². The van der Waals surface area contributed by atoms with E-state index < -0.39 is 24.3 Å². The Bertz CT molecular complexity index is 1200. The summed E-state index contributed by atoms with van der Waals surface area (Å²) in [7, 11) is 5.93. The molecule has 9 nitrogen and oxygen atoms in total. The second-order valence-electron chi connectivity index (χ2n) is 17.8. The van der Waals surface area contributed by atoms with Crippen LogP contribution in [0.2, 0.25) is 0 Å². The fourth-order valence-corrected chi connectivity index (χ4v) is 6.74. The van der Waals surface area contributed by atoms with Gasteiger partial charge in [-0.15, -0.1) is 0 Å². The first-order valence-corrected chi connectivity index (χ1v) is 25.0. The van der Waals surface area contributed by atoms with Crippen LogP contribution in [-0.4, -0.2) is 87.4 Å². The van der Waals surface area contributed by atoms with Crippen molar-refractivity contribution in [2.75, 3.05) is 47.5 Å². The van der Waals surface area contributed by atoms with E-state index in [4.69, 9.17) is 18.9 Å². The van der Waals surface area contributed by atoms with Gasteiger partial charge in [0.2, 0.25) is 0 Å². The minimum Gasteiger partial charge on any atom is -0.477 e. The van der Waals surface area contributed by atoms with E-state index >= 15 is 0 Å². The maximum absolute atomic E-state index is 12.7. The largest absolute Gasteiger partial charge is 0.477 e. The third-order valence-electron chi connectivity index (χ3n) is 10.6. The van der Waals surface area contributed by atoms with Gasteiger partial charge in [-0.05, 0) is 38.5 Å². The average molecular weight is 873 g/mol. The minimum absolute atomic E-state index is 0.0276. The number of unbranched alkanes of at least 4 members (excludes halogenated alkanes) is 21. The minimum atomic E-state index is -1.53. The number of hydrogen-bond donors (Lipinski definition) is 1. The summed E-state index contributed by atoms with van der Waals surface area (Å²) in [6.07, 6.45) is 51.8. The number of ether oxygens (including phenoxy) is 4. The zero-order valence-electron chi connectivity index (χ0n) is 40.5. The zero-order valence-corrected chi connectivity index (χ0v) is 40.5. The molecule has 0 aromatic heterocycles. The molecule has 0 radical (unpaired) electrons. The molecule has 0 aliphatic heterocycles. The molecule has 2 atom stereocenters. The first-order chi connectivity index (χ1) is 30.1. The maximum Gasteiger partial charge on any atom is 0.361 e. The Balaban J connectivity index is 4.38. The van der Waals surface area contributed by atoms with Crippen molar-refractivity contribution in [3.63, 3.8) is 0 Å². The number of nitrogens with zero attached hydrogens (tertiary/aromatic N) is 1. The van der Waals surface area contributed by atoms with Crippen molar-refractivity contribution in [1.29, 1.82) is 0 Å². The molecule has 0 fully saturated rings. The molecule has 0 amide bonds. The number of likely N-dealkylation sites (N-methyl/N-ethyl adjacent to an activating group) is 1. The van der Waals surface area contributed by atoms with Crippen LogP contribution in [0.3, 0.4) is 0 Å². The molecule has 358 valence electrons. The topological polar surface area (TPSA) is 108 Å². The number of hydrogen-bond acceptors (Lipinski definition) is 7. The van der Waals surface area contributed by atoms with Gasteiger partial charge in [-0.1, -0.05) is 209 Å². The molecule has 0 saturated heterocycles. The summed E-state index contributed by atoms with van der Waals surface area (Å²) in [5, 5.41) is 9.65. The Hall–Kier alpha value is -3.01. The van der Waals surface area contributed by atoms with Crippen LogP contribution in [0.5, 0.6) is 0 Å². The Morgan fingerprint density at radius 3 is 1.31 bits per heavy atom. The van der Waals surface area contributed by atoms with Crippen LogP contribution >= 0.6 is 0 Å². The van der Waals surface area contributed by atoms with Crippen molar-refractivity contribution in [1.82, 2.24) is 0 Å². The van der Waals surface area contributed by atoms with Gasteiger partial charge in [0.1, 0.15) is 13.2 Å². The van der Waals surface area contributed by atoms with Gasteiger partial charge in [-0.25, -0.2) is 4.79 Å². The van der Waals surface area contributed by atoms with E-state index in [-0.39, 0.29) is 38.6 Å². The fourth-order valence-electron chi connectivity index (χ4n) is 6.74. The van der Waals surface area contributed by atoms with Crippen LogP contribution in [0.4, 0.5) is 0 Å². The summed E-state index contributed by atoms with van der Waals surface area (Å²) in [5.41, 5.74) is 0. The number of carboxylic acids is 1. The summed E-state index contributed by atoms with van der Waals surface area (Å²) in [4.78, 5) is 37.1. The van der Waals surface area contributed by atoms with E-state index in [0.717, 1.165) is 44.9 Å². The molecule has 2 unspecified atom stereocenters. The zero-order chi connectivity index (χ0) is 45.6. The number of carboxylic acid groups (broad SMARTS) is 1. The molecule has 0 aliphatic carbocycles. The normalized spacial score (nSPS) is 13.4. The second kappa shape index (κ2) is 44.6. The standard InChI is InChI=1S/C53H93NO8/c1-6-8-10-12-14-16-18-20-22-23-24-25-26-27-28-30-31-33-35-37-39-41-43-50(55)60-47-49(48-61-53(52(57)58)59-46-45-54(3,4)5)62-51(56)44-42-40-38-36-34-32-29-21-19-17-15-13-11-9-7-2/h9,11,15,17,21,29,34,36,40,42,49,53H,6-8,10,12-14,16,18-20,22-28,30-33,35,37-39,41,43-48H2,1-5H3/p+1/b11-9-,17-15-,29-21-,36-34-,42-40-. The van der Waals surface area contributed by atoms with Crippen LogP contribution in [0.15, 0.2) is 60.8 Å². The van der Waals surface area contributed by atoms with Gasteiger partial charge in [0.25, 0.3) is 6.29 Å². The molecular formula is C53H94NO8+. The van der Waals surface area contributed by atoms with Crippen molar-refractivity contribution in [2.45, 2.75) is 212 Å². The van der Waals surface area contributed by atoms with Crippen LogP contribution < -0.4 is 0 Å². The molecule has 0 saturated carbocycles. The van der Waals surface area contributed by atoms with Gasteiger partial charge < -0.3 is 28.5 Å². The first-order valence-electron chi connectivity index (χ1n) is 25.0. The van der Waals surface area contributed by atoms with Crippen molar-refractivity contribution in [3.05, 3.63) is 60.8 Å². The molecule has 0 aromatic carbocycles. The highest BCUT2D eigenvalue weighted by Crippen LogP contribution is 2.16. The second-order valence-corrected chi connectivity index (χ2v) is 17.8. The average Bonchev–Trinajstić information content (AvgIpc) is 3.23. The van der Waals surface area contributed by atoms with Crippen LogP contribution in [0.1, 0.15) is 200 Å². The van der Waals surface area contributed by atoms with Crippen LogP contribution in [0.25, 0.3) is 0 Å². The molecule has 62 heavy (non-hydrogen) atoms. The van der Waals surface area contributed by atoms with Crippen molar-refractivity contribution < 1.29 is 42.9 Å². The molecule has 9 heteroatoms. The molecule has 0 spiro atoms. The van der Waals surface area contributed by atoms with Crippen molar-refractivity contribution in [2.24, 2.45) is 0 Å². The number of allylic oxidation sites excluding steroid dienone is 9. The SMILES string of the molecule is CC/C=C\C/C=C\C/C=C\C/C=C\C/C=C\CC(=O)OC(COC(=O)CCCCCCCCCCCCCCCCCCCCCCCC)COC(OCC[N+](C)(C)C)C(=O)O. The Morgan fingerprint density at radius 1 is 0.500 bits per heavy atom. The smallest absolute Gasteiger partial charge is 0.361 e. The van der Waals surface area contributed by atoms with Crippen LogP contribution in [-0.2, 0) is 33.3 Å². The number of carbonyl (C=O) groups is 3. The third-order valence-corrected chi connectivity index (χ3v) is 10.6. The molecule has 0 heterocycles. The summed E-state index contributed by atoms with van der Waals surface area (Å²) in [6.45, 7) is 4.65. The maximum atomic E-state index is 12.7. The lowest BCUT2D eigenvalue weighted by molar-refractivity contribution is -0.870. The fraction of sp³-hybridized carbons (Fsp3) is 0.755. The molecule has 1 N–H and O–H groups in total. The van der Waals surface area contributed by atoms with Gasteiger partial charge in [-0.2, -0.15) is 0 Å². The van der Waals surface area contributed by atoms with E-state index in [1.807, 2.05) is 33.3 Å².